The molecule has 2 rings (SSSR count). The summed E-state index contributed by atoms with van der Waals surface area (Å²) in [7, 11) is -2.47. The molecular formula is C23H30ClN3O5S. The fraction of sp³-hybridized carbons (Fsp3) is 0.391. The first kappa shape index (κ1) is 26.5. The lowest BCUT2D eigenvalue weighted by molar-refractivity contribution is -0.138. The van der Waals surface area contributed by atoms with Gasteiger partial charge in [-0.25, -0.2) is 8.42 Å². The summed E-state index contributed by atoms with van der Waals surface area (Å²) in [6.45, 7) is 3.56. The first-order chi connectivity index (χ1) is 15.6. The monoisotopic (exact) mass is 495 g/mol. The zero-order valence-corrected chi connectivity index (χ0v) is 20.8. The fourth-order valence-corrected chi connectivity index (χ4v) is 4.36. The second-order valence-electron chi connectivity index (χ2n) is 7.48. The molecule has 8 nitrogen and oxygen atoms in total. The summed E-state index contributed by atoms with van der Waals surface area (Å²) in [5, 5.41) is 3.01. The minimum Gasteiger partial charge on any atom is -0.495 e. The van der Waals surface area contributed by atoms with Crippen LogP contribution < -0.4 is 14.4 Å². The molecule has 33 heavy (non-hydrogen) atoms. The predicted molar refractivity (Wildman–Crippen MR) is 130 cm³/mol. The first-order valence-corrected chi connectivity index (χ1v) is 12.7. The number of ether oxygens (including phenoxy) is 1. The van der Waals surface area contributed by atoms with E-state index in [1.807, 2.05) is 30.3 Å². The van der Waals surface area contributed by atoms with Crippen LogP contribution in [0.3, 0.4) is 0 Å². The third-order valence-electron chi connectivity index (χ3n) is 5.09. The van der Waals surface area contributed by atoms with Gasteiger partial charge in [0.1, 0.15) is 18.3 Å². The Kier molecular flexibility index (Phi) is 9.55. The van der Waals surface area contributed by atoms with Crippen LogP contribution in [0.15, 0.2) is 48.5 Å². The molecule has 0 saturated carbocycles. The minimum absolute atomic E-state index is 0.148. The summed E-state index contributed by atoms with van der Waals surface area (Å²) < 4.78 is 31.5. The number of nitrogens with zero attached hydrogens (tertiary/aromatic N) is 2. The number of carbonyl (C=O) groups is 2. The molecule has 0 fully saturated rings. The molecule has 2 amide bonds. The molecule has 0 aliphatic rings. The molecule has 0 unspecified atom stereocenters. The average Bonchev–Trinajstić information content (AvgIpc) is 2.77. The standard InChI is InChI=1S/C23H30ClN3O5S/c1-5-25-23(29)17(2)26(14-13-18-9-7-6-8-10-18)22(28)16-27(33(4,30)31)20-15-19(24)11-12-21(20)32-3/h6-12,15,17H,5,13-14,16H2,1-4H3,(H,25,29)/t17-/m0/s1. The Hall–Kier alpha value is -2.78. The molecule has 2 aromatic carbocycles. The van der Waals surface area contributed by atoms with E-state index in [1.165, 1.54) is 24.1 Å². The number of carbonyl (C=O) groups excluding carboxylic acids is 2. The van der Waals surface area contributed by atoms with Crippen LogP contribution in [0.4, 0.5) is 5.69 Å². The number of rotatable bonds is 11. The Balaban J connectivity index is 2.37. The van der Waals surface area contributed by atoms with Crippen LogP contribution in [0.2, 0.25) is 5.02 Å². The fourth-order valence-electron chi connectivity index (χ4n) is 3.34. The van der Waals surface area contributed by atoms with Gasteiger partial charge in [-0.1, -0.05) is 41.9 Å². The number of hydrogen-bond donors (Lipinski definition) is 1. The van der Waals surface area contributed by atoms with Gasteiger partial charge in [-0.15, -0.1) is 0 Å². The Labute approximate surface area is 200 Å². The number of likely N-dealkylation sites (N-methyl/N-ethyl adjacent to an activating group) is 1. The third kappa shape index (κ3) is 7.36. The van der Waals surface area contributed by atoms with E-state index < -0.39 is 28.5 Å². The lowest BCUT2D eigenvalue weighted by Gasteiger charge is -2.31. The van der Waals surface area contributed by atoms with Crippen molar-refractivity contribution in [2.45, 2.75) is 26.3 Å². The van der Waals surface area contributed by atoms with Gasteiger partial charge in [0.15, 0.2) is 0 Å². The summed E-state index contributed by atoms with van der Waals surface area (Å²) in [6.07, 6.45) is 1.51. The van der Waals surface area contributed by atoms with Crippen LogP contribution in [0.25, 0.3) is 0 Å². The zero-order chi connectivity index (χ0) is 24.6. The van der Waals surface area contributed by atoms with Crippen LogP contribution in [0.1, 0.15) is 19.4 Å². The van der Waals surface area contributed by atoms with E-state index in [-0.39, 0.29) is 23.9 Å². The van der Waals surface area contributed by atoms with Crippen LogP contribution >= 0.6 is 11.6 Å². The number of sulfonamides is 1. The van der Waals surface area contributed by atoms with Crippen molar-refractivity contribution in [3.8, 4) is 5.75 Å². The van der Waals surface area contributed by atoms with E-state index >= 15 is 0 Å². The van der Waals surface area contributed by atoms with Crippen LogP contribution in [0, 0.1) is 0 Å². The van der Waals surface area contributed by atoms with E-state index in [4.69, 9.17) is 16.3 Å². The van der Waals surface area contributed by atoms with Crippen molar-refractivity contribution >= 4 is 39.1 Å². The first-order valence-electron chi connectivity index (χ1n) is 10.5. The summed E-state index contributed by atoms with van der Waals surface area (Å²) in [5.74, 6) is -0.576. The number of methoxy groups -OCH3 is 1. The Morgan fingerprint density at radius 3 is 2.39 bits per heavy atom. The topological polar surface area (TPSA) is 96.0 Å². The molecule has 0 spiro atoms. The maximum absolute atomic E-state index is 13.4. The summed E-state index contributed by atoms with van der Waals surface area (Å²) in [6, 6.07) is 13.3. The zero-order valence-electron chi connectivity index (χ0n) is 19.2. The van der Waals surface area contributed by atoms with Crippen LogP contribution in [-0.4, -0.2) is 64.2 Å². The Bertz CT molecular complexity index is 1060. The van der Waals surface area contributed by atoms with Crippen molar-refractivity contribution in [1.29, 1.82) is 0 Å². The van der Waals surface area contributed by atoms with Crippen molar-refractivity contribution < 1.29 is 22.7 Å². The maximum Gasteiger partial charge on any atom is 0.244 e. The second kappa shape index (κ2) is 11.9. The lowest BCUT2D eigenvalue weighted by atomic mass is 10.1. The smallest absolute Gasteiger partial charge is 0.244 e. The quantitative estimate of drug-likeness (QED) is 0.517. The lowest BCUT2D eigenvalue weighted by Crippen LogP contribution is -2.52. The van der Waals surface area contributed by atoms with E-state index in [0.29, 0.717) is 18.0 Å². The minimum atomic E-state index is -3.87. The van der Waals surface area contributed by atoms with Crippen molar-refractivity contribution in [3.63, 3.8) is 0 Å². The molecule has 1 atom stereocenters. The van der Waals surface area contributed by atoms with Gasteiger partial charge >= 0.3 is 0 Å². The molecule has 1 N–H and O–H groups in total. The molecule has 2 aromatic rings. The van der Waals surface area contributed by atoms with Gasteiger partial charge in [0.2, 0.25) is 21.8 Å². The normalized spacial score (nSPS) is 12.0. The summed E-state index contributed by atoms with van der Waals surface area (Å²) >= 11 is 6.09. The van der Waals surface area contributed by atoms with Gasteiger partial charge < -0.3 is 15.0 Å². The van der Waals surface area contributed by atoms with Gasteiger partial charge in [-0.2, -0.15) is 0 Å². The summed E-state index contributed by atoms with van der Waals surface area (Å²) in [5.41, 5.74) is 1.14. The molecular weight excluding hydrogens is 466 g/mol. The number of halogens is 1. The van der Waals surface area contributed by atoms with E-state index in [2.05, 4.69) is 5.32 Å². The highest BCUT2D eigenvalue weighted by Gasteiger charge is 2.30. The van der Waals surface area contributed by atoms with Crippen LogP contribution in [0.5, 0.6) is 5.75 Å². The molecule has 0 heterocycles. The van der Waals surface area contributed by atoms with Gasteiger partial charge in [0, 0.05) is 18.1 Å². The number of amides is 2. The van der Waals surface area contributed by atoms with Crippen LogP contribution in [-0.2, 0) is 26.0 Å². The van der Waals surface area contributed by atoms with Gasteiger partial charge in [-0.3, -0.25) is 13.9 Å². The van der Waals surface area contributed by atoms with Gasteiger partial charge in [-0.05, 0) is 44.0 Å². The Morgan fingerprint density at radius 2 is 1.82 bits per heavy atom. The molecule has 0 radical (unpaired) electrons. The highest BCUT2D eigenvalue weighted by molar-refractivity contribution is 7.92. The van der Waals surface area contributed by atoms with Crippen molar-refractivity contribution in [2.75, 3.05) is 37.3 Å². The molecule has 0 bridgehead atoms. The van der Waals surface area contributed by atoms with Gasteiger partial charge in [0.05, 0.1) is 19.1 Å². The molecule has 0 aliphatic carbocycles. The molecule has 0 aliphatic heterocycles. The van der Waals surface area contributed by atoms with E-state index in [1.54, 1.807) is 19.9 Å². The van der Waals surface area contributed by atoms with Crippen molar-refractivity contribution in [1.82, 2.24) is 10.2 Å². The van der Waals surface area contributed by atoms with Crippen molar-refractivity contribution in [3.05, 3.63) is 59.1 Å². The molecule has 10 heteroatoms. The third-order valence-corrected chi connectivity index (χ3v) is 6.45. The Morgan fingerprint density at radius 1 is 1.15 bits per heavy atom. The van der Waals surface area contributed by atoms with Crippen molar-refractivity contribution in [2.24, 2.45) is 0 Å². The number of nitrogens with one attached hydrogen (secondary N) is 1. The highest BCUT2D eigenvalue weighted by atomic mass is 35.5. The number of benzene rings is 2. The number of hydrogen-bond acceptors (Lipinski definition) is 5. The van der Waals surface area contributed by atoms with E-state index in [9.17, 15) is 18.0 Å². The SMILES string of the molecule is CCNC(=O)[C@H](C)N(CCc1ccccc1)C(=O)CN(c1cc(Cl)ccc1OC)S(C)(=O)=O. The molecule has 0 saturated heterocycles. The molecule has 180 valence electrons. The average molecular weight is 496 g/mol. The molecule has 0 aromatic heterocycles. The maximum atomic E-state index is 13.4. The van der Waals surface area contributed by atoms with Gasteiger partial charge in [0.25, 0.3) is 0 Å². The second-order valence-corrected chi connectivity index (χ2v) is 9.82. The number of anilines is 1. The predicted octanol–water partition coefficient (Wildman–Crippen LogP) is 2.71. The highest BCUT2D eigenvalue weighted by Crippen LogP contribution is 2.32. The van der Waals surface area contributed by atoms with E-state index in [0.717, 1.165) is 16.1 Å². The summed E-state index contributed by atoms with van der Waals surface area (Å²) in [4.78, 5) is 27.3. The largest absolute Gasteiger partial charge is 0.495 e.